The monoisotopic (exact) mass is 314 g/mol. The van der Waals surface area contributed by atoms with Crippen LogP contribution in [-0.4, -0.2) is 5.91 Å². The highest BCUT2D eigenvalue weighted by atomic mass is 79.9. The highest BCUT2D eigenvalue weighted by molar-refractivity contribution is 9.10. The molecule has 0 bridgehead atoms. The Kier molecular flexibility index (Phi) is 4.32. The van der Waals surface area contributed by atoms with Crippen LogP contribution in [0.3, 0.4) is 0 Å². The van der Waals surface area contributed by atoms with Gasteiger partial charge in [0.05, 0.1) is 11.8 Å². The molecule has 0 aliphatic heterocycles. The van der Waals surface area contributed by atoms with Crippen molar-refractivity contribution in [2.24, 2.45) is 0 Å². The van der Waals surface area contributed by atoms with Crippen molar-refractivity contribution in [3.05, 3.63) is 64.6 Å². The van der Waals surface area contributed by atoms with Gasteiger partial charge in [-0.05, 0) is 33.6 Å². The number of hydrogen-bond acceptors (Lipinski definition) is 2. The fourth-order valence-electron chi connectivity index (χ4n) is 1.70. The van der Waals surface area contributed by atoms with Gasteiger partial charge in [0.2, 0.25) is 5.91 Å². The van der Waals surface area contributed by atoms with Crippen LogP contribution in [0.25, 0.3) is 0 Å². The highest BCUT2D eigenvalue weighted by Crippen LogP contribution is 2.23. The third-order valence-corrected chi connectivity index (χ3v) is 3.35. The molecule has 2 aromatic carbocycles. The van der Waals surface area contributed by atoms with Gasteiger partial charge in [0.1, 0.15) is 0 Å². The van der Waals surface area contributed by atoms with Gasteiger partial charge in [-0.25, -0.2) is 0 Å². The van der Waals surface area contributed by atoms with Crippen LogP contribution in [0.15, 0.2) is 59.1 Å². The van der Waals surface area contributed by atoms with Crippen molar-refractivity contribution in [1.29, 1.82) is 5.26 Å². The minimum atomic E-state index is -0.812. The van der Waals surface area contributed by atoms with E-state index < -0.39 is 5.92 Å². The van der Waals surface area contributed by atoms with Crippen molar-refractivity contribution in [3.8, 4) is 6.07 Å². The lowest BCUT2D eigenvalue weighted by Crippen LogP contribution is -2.20. The number of nitriles is 1. The SMILES string of the molecule is N#CC(C(=O)Nc1ccccc1Br)c1ccccc1. The number of benzene rings is 2. The van der Waals surface area contributed by atoms with Gasteiger partial charge in [-0.15, -0.1) is 0 Å². The number of para-hydroxylation sites is 1. The van der Waals surface area contributed by atoms with Gasteiger partial charge in [0.15, 0.2) is 5.92 Å². The molecule has 0 saturated heterocycles. The molecule has 1 N–H and O–H groups in total. The van der Waals surface area contributed by atoms with Crippen LogP contribution in [0.5, 0.6) is 0 Å². The van der Waals surface area contributed by atoms with Crippen LogP contribution in [0, 0.1) is 11.3 Å². The van der Waals surface area contributed by atoms with Crippen LogP contribution in [0.1, 0.15) is 11.5 Å². The molecule has 0 aliphatic rings. The molecule has 0 fully saturated rings. The molecule has 94 valence electrons. The Labute approximate surface area is 120 Å². The van der Waals surface area contributed by atoms with Gasteiger partial charge in [0.25, 0.3) is 0 Å². The lowest BCUT2D eigenvalue weighted by Gasteiger charge is -2.11. The van der Waals surface area contributed by atoms with E-state index in [0.29, 0.717) is 11.3 Å². The number of hydrogen-bond donors (Lipinski definition) is 1. The number of carbonyl (C=O) groups excluding carboxylic acids is 1. The largest absolute Gasteiger partial charge is 0.324 e. The summed E-state index contributed by atoms with van der Waals surface area (Å²) in [6, 6.07) is 18.3. The smallest absolute Gasteiger partial charge is 0.246 e. The molecule has 0 aliphatic carbocycles. The summed E-state index contributed by atoms with van der Waals surface area (Å²) < 4.78 is 0.785. The van der Waals surface area contributed by atoms with Gasteiger partial charge in [-0.2, -0.15) is 5.26 Å². The summed E-state index contributed by atoms with van der Waals surface area (Å²) >= 11 is 3.35. The summed E-state index contributed by atoms with van der Waals surface area (Å²) in [7, 11) is 0. The minimum absolute atomic E-state index is 0.333. The minimum Gasteiger partial charge on any atom is -0.324 e. The van der Waals surface area contributed by atoms with Gasteiger partial charge >= 0.3 is 0 Å². The maximum atomic E-state index is 12.1. The molecule has 0 spiro atoms. The summed E-state index contributed by atoms with van der Waals surface area (Å²) in [5.74, 6) is -1.14. The summed E-state index contributed by atoms with van der Waals surface area (Å²) in [6.45, 7) is 0. The molecule has 0 aromatic heterocycles. The van der Waals surface area contributed by atoms with E-state index in [2.05, 4.69) is 21.2 Å². The lowest BCUT2D eigenvalue weighted by molar-refractivity contribution is -0.116. The Morgan fingerprint density at radius 1 is 1.11 bits per heavy atom. The van der Waals surface area contributed by atoms with Crippen LogP contribution in [0.2, 0.25) is 0 Å². The molecule has 1 unspecified atom stereocenters. The van der Waals surface area contributed by atoms with Crippen molar-refractivity contribution in [2.75, 3.05) is 5.32 Å². The zero-order valence-corrected chi connectivity index (χ0v) is 11.6. The van der Waals surface area contributed by atoms with Crippen molar-refractivity contribution < 1.29 is 4.79 Å². The molecule has 19 heavy (non-hydrogen) atoms. The topological polar surface area (TPSA) is 52.9 Å². The molecule has 1 atom stereocenters. The predicted molar refractivity (Wildman–Crippen MR) is 77.6 cm³/mol. The predicted octanol–water partition coefficient (Wildman–Crippen LogP) is 3.69. The van der Waals surface area contributed by atoms with Crippen molar-refractivity contribution in [1.82, 2.24) is 0 Å². The Morgan fingerprint density at radius 2 is 1.74 bits per heavy atom. The molecule has 4 heteroatoms. The molecule has 0 heterocycles. The number of anilines is 1. The third kappa shape index (κ3) is 3.21. The Morgan fingerprint density at radius 3 is 2.37 bits per heavy atom. The molecule has 1 amide bonds. The first kappa shape index (κ1) is 13.3. The van der Waals surface area contributed by atoms with Crippen LogP contribution in [-0.2, 0) is 4.79 Å². The van der Waals surface area contributed by atoms with Gasteiger partial charge in [0, 0.05) is 4.47 Å². The highest BCUT2D eigenvalue weighted by Gasteiger charge is 2.20. The van der Waals surface area contributed by atoms with Gasteiger partial charge in [-0.3, -0.25) is 4.79 Å². The first-order chi connectivity index (χ1) is 9.22. The average Bonchev–Trinajstić information content (AvgIpc) is 2.43. The zero-order valence-electron chi connectivity index (χ0n) is 10.0. The number of halogens is 1. The number of rotatable bonds is 3. The first-order valence-corrected chi connectivity index (χ1v) is 6.51. The fourth-order valence-corrected chi connectivity index (χ4v) is 2.08. The Bertz CT molecular complexity index is 620. The van der Waals surface area contributed by atoms with E-state index in [1.165, 1.54) is 0 Å². The van der Waals surface area contributed by atoms with Crippen LogP contribution >= 0.6 is 15.9 Å². The standard InChI is InChI=1S/C15H11BrN2O/c16-13-8-4-5-9-14(13)18-15(19)12(10-17)11-6-2-1-3-7-11/h1-9,12H,(H,18,19). The van der Waals surface area contributed by atoms with Gasteiger partial charge < -0.3 is 5.32 Å². The molecular weight excluding hydrogens is 304 g/mol. The normalized spacial score (nSPS) is 11.4. The second-order valence-electron chi connectivity index (χ2n) is 3.94. The number of nitrogens with one attached hydrogen (secondary N) is 1. The summed E-state index contributed by atoms with van der Waals surface area (Å²) in [5, 5.41) is 11.9. The maximum absolute atomic E-state index is 12.1. The Hall–Kier alpha value is -2.12. The second kappa shape index (κ2) is 6.17. The quantitative estimate of drug-likeness (QED) is 0.939. The van der Waals surface area contributed by atoms with E-state index in [9.17, 15) is 10.1 Å². The number of nitrogens with zero attached hydrogens (tertiary/aromatic N) is 1. The van der Waals surface area contributed by atoms with E-state index in [1.54, 1.807) is 18.2 Å². The van der Waals surface area contributed by atoms with E-state index >= 15 is 0 Å². The zero-order chi connectivity index (χ0) is 13.7. The van der Waals surface area contributed by atoms with Crippen LogP contribution in [0.4, 0.5) is 5.69 Å². The molecule has 3 nitrogen and oxygen atoms in total. The molecule has 2 rings (SSSR count). The average molecular weight is 315 g/mol. The third-order valence-electron chi connectivity index (χ3n) is 2.66. The summed E-state index contributed by atoms with van der Waals surface area (Å²) in [6.07, 6.45) is 0. The number of amides is 1. The maximum Gasteiger partial charge on any atom is 0.246 e. The van der Waals surface area contributed by atoms with E-state index in [4.69, 9.17) is 0 Å². The van der Waals surface area contributed by atoms with Crippen molar-refractivity contribution in [3.63, 3.8) is 0 Å². The number of carbonyl (C=O) groups is 1. The van der Waals surface area contributed by atoms with Crippen molar-refractivity contribution in [2.45, 2.75) is 5.92 Å². The summed E-state index contributed by atoms with van der Waals surface area (Å²) in [5.41, 5.74) is 1.35. The van der Waals surface area contributed by atoms with Gasteiger partial charge in [-0.1, -0.05) is 42.5 Å². The second-order valence-corrected chi connectivity index (χ2v) is 4.80. The van der Waals surface area contributed by atoms with E-state index in [-0.39, 0.29) is 5.91 Å². The van der Waals surface area contributed by atoms with Crippen LogP contribution < -0.4 is 5.32 Å². The Balaban J connectivity index is 2.20. The van der Waals surface area contributed by atoms with E-state index in [0.717, 1.165) is 4.47 Å². The molecule has 2 aromatic rings. The van der Waals surface area contributed by atoms with E-state index in [1.807, 2.05) is 42.5 Å². The first-order valence-electron chi connectivity index (χ1n) is 5.72. The lowest BCUT2D eigenvalue weighted by atomic mass is 10.00. The summed E-state index contributed by atoms with van der Waals surface area (Å²) in [4.78, 5) is 12.1. The fraction of sp³-hybridized carbons (Fsp3) is 0.0667. The molecule has 0 radical (unpaired) electrons. The molecule has 0 saturated carbocycles. The molecular formula is C15H11BrN2O. The van der Waals surface area contributed by atoms with Crippen molar-refractivity contribution >= 4 is 27.5 Å².